The van der Waals surface area contributed by atoms with E-state index in [-0.39, 0.29) is 5.91 Å². The quantitative estimate of drug-likeness (QED) is 0.830. The Morgan fingerprint density at radius 3 is 2.86 bits per heavy atom. The second kappa shape index (κ2) is 6.82. The number of amides is 1. The number of likely N-dealkylation sites (tertiary alicyclic amines) is 1. The molecule has 0 unspecified atom stereocenters. The number of carbonyl (C=O) groups excluding carboxylic acids is 1. The molecule has 4 heterocycles. The Balaban J connectivity index is 1.45. The van der Waals surface area contributed by atoms with E-state index in [1.165, 1.54) is 22.3 Å². The lowest BCUT2D eigenvalue weighted by atomic mass is 9.90. The molecule has 0 spiro atoms. The van der Waals surface area contributed by atoms with E-state index in [1.54, 1.807) is 0 Å². The summed E-state index contributed by atoms with van der Waals surface area (Å²) in [6.45, 7) is 8.80. The fourth-order valence-electron chi connectivity index (χ4n) is 4.82. The molecule has 1 aromatic heterocycles. The van der Waals surface area contributed by atoms with E-state index < -0.39 is 0 Å². The van der Waals surface area contributed by atoms with Gasteiger partial charge in [0.15, 0.2) is 0 Å². The number of rotatable bonds is 3. The first-order valence-corrected chi connectivity index (χ1v) is 10.3. The zero-order valence-corrected chi connectivity index (χ0v) is 16.6. The van der Waals surface area contributed by atoms with Gasteiger partial charge < -0.3 is 9.80 Å². The van der Waals surface area contributed by atoms with E-state index in [0.717, 1.165) is 49.6 Å². The summed E-state index contributed by atoms with van der Waals surface area (Å²) < 4.78 is 0. The molecule has 0 N–H and O–H groups in total. The minimum Gasteiger partial charge on any atom is -0.334 e. The number of carbonyl (C=O) groups is 1. The number of aromatic nitrogens is 1. The summed E-state index contributed by atoms with van der Waals surface area (Å²) in [5, 5.41) is 0. The van der Waals surface area contributed by atoms with Crippen molar-refractivity contribution in [2.75, 3.05) is 19.6 Å². The lowest BCUT2D eigenvalue weighted by Gasteiger charge is -2.34. The van der Waals surface area contributed by atoms with Gasteiger partial charge in [0.2, 0.25) is 5.91 Å². The minimum absolute atomic E-state index is 0.277. The van der Waals surface area contributed by atoms with E-state index in [1.807, 2.05) is 19.2 Å². The first kappa shape index (κ1) is 17.6. The lowest BCUT2D eigenvalue weighted by molar-refractivity contribution is -0.134. The van der Waals surface area contributed by atoms with Crippen LogP contribution < -0.4 is 0 Å². The molecule has 1 saturated heterocycles. The minimum atomic E-state index is 0.277. The van der Waals surface area contributed by atoms with Gasteiger partial charge in [-0.05, 0) is 54.8 Å². The Hall–Kier alpha value is -2.53. The molecule has 144 valence electrons. The SMILES string of the molecule is CCN1CC[C@@H](N2Cc3cc4c(cc3CC2=O)CN=C4c2ccnc(C)c2)C1. The van der Waals surface area contributed by atoms with Crippen molar-refractivity contribution in [3.63, 3.8) is 0 Å². The van der Waals surface area contributed by atoms with Crippen LogP contribution in [0, 0.1) is 6.92 Å². The molecule has 5 heteroatoms. The van der Waals surface area contributed by atoms with E-state index in [4.69, 9.17) is 4.99 Å². The van der Waals surface area contributed by atoms with E-state index in [2.05, 4.69) is 39.9 Å². The van der Waals surface area contributed by atoms with Crippen LogP contribution in [-0.4, -0.2) is 52.1 Å². The molecule has 5 nitrogen and oxygen atoms in total. The molecule has 1 amide bonds. The van der Waals surface area contributed by atoms with Crippen molar-refractivity contribution in [1.82, 2.24) is 14.8 Å². The first-order valence-electron chi connectivity index (χ1n) is 10.3. The summed E-state index contributed by atoms with van der Waals surface area (Å²) in [5.74, 6) is 0.277. The molecular weight excluding hydrogens is 348 g/mol. The average Bonchev–Trinajstić information content (AvgIpc) is 3.32. The van der Waals surface area contributed by atoms with Crippen LogP contribution in [0.4, 0.5) is 0 Å². The zero-order valence-electron chi connectivity index (χ0n) is 16.6. The largest absolute Gasteiger partial charge is 0.334 e. The predicted molar refractivity (Wildman–Crippen MR) is 110 cm³/mol. The van der Waals surface area contributed by atoms with Gasteiger partial charge in [-0.15, -0.1) is 0 Å². The summed E-state index contributed by atoms with van der Waals surface area (Å²) in [6, 6.07) is 9.00. The maximum atomic E-state index is 12.8. The smallest absolute Gasteiger partial charge is 0.227 e. The highest BCUT2D eigenvalue weighted by Crippen LogP contribution is 2.31. The van der Waals surface area contributed by atoms with Gasteiger partial charge in [-0.3, -0.25) is 14.8 Å². The van der Waals surface area contributed by atoms with E-state index >= 15 is 0 Å². The van der Waals surface area contributed by atoms with Crippen LogP contribution in [0.15, 0.2) is 35.5 Å². The number of hydrogen-bond donors (Lipinski definition) is 0. The van der Waals surface area contributed by atoms with Crippen molar-refractivity contribution < 1.29 is 4.79 Å². The Morgan fingerprint density at radius 2 is 2.07 bits per heavy atom. The molecule has 28 heavy (non-hydrogen) atoms. The normalized spacial score (nSPS) is 21.6. The van der Waals surface area contributed by atoms with Gasteiger partial charge in [-0.25, -0.2) is 0 Å². The molecule has 0 aliphatic carbocycles. The Morgan fingerprint density at radius 1 is 1.18 bits per heavy atom. The Kier molecular flexibility index (Phi) is 4.27. The predicted octanol–water partition coefficient (Wildman–Crippen LogP) is 2.72. The van der Waals surface area contributed by atoms with Gasteiger partial charge in [0, 0.05) is 48.7 Å². The number of pyridine rings is 1. The molecular formula is C23H26N4O. The maximum Gasteiger partial charge on any atom is 0.227 e. The molecule has 3 aliphatic heterocycles. The van der Waals surface area contributed by atoms with E-state index in [0.29, 0.717) is 19.0 Å². The van der Waals surface area contributed by atoms with Crippen LogP contribution in [0.3, 0.4) is 0 Å². The molecule has 5 rings (SSSR count). The van der Waals surface area contributed by atoms with Crippen molar-refractivity contribution in [3.8, 4) is 0 Å². The van der Waals surface area contributed by atoms with Crippen molar-refractivity contribution in [3.05, 3.63) is 64.0 Å². The second-order valence-electron chi connectivity index (χ2n) is 8.16. The second-order valence-corrected chi connectivity index (χ2v) is 8.16. The molecule has 1 atom stereocenters. The monoisotopic (exact) mass is 374 g/mol. The third kappa shape index (κ3) is 2.94. The highest BCUT2D eigenvalue weighted by atomic mass is 16.2. The molecule has 1 aromatic carbocycles. The number of benzene rings is 1. The van der Waals surface area contributed by atoms with Crippen molar-refractivity contribution in [2.45, 2.75) is 45.8 Å². The summed E-state index contributed by atoms with van der Waals surface area (Å²) in [7, 11) is 0. The van der Waals surface area contributed by atoms with Gasteiger partial charge >= 0.3 is 0 Å². The summed E-state index contributed by atoms with van der Waals surface area (Å²) in [4.78, 5) is 26.5. The van der Waals surface area contributed by atoms with Crippen LogP contribution in [0.5, 0.6) is 0 Å². The molecule has 1 fully saturated rings. The number of aliphatic imine (C=N–C) groups is 1. The fourth-order valence-corrected chi connectivity index (χ4v) is 4.82. The summed E-state index contributed by atoms with van der Waals surface area (Å²) in [5.41, 5.74) is 8.13. The number of aryl methyl sites for hydroxylation is 1. The molecule has 0 saturated carbocycles. The number of nitrogens with zero attached hydrogens (tertiary/aromatic N) is 4. The van der Waals surface area contributed by atoms with E-state index in [9.17, 15) is 4.79 Å². The highest BCUT2D eigenvalue weighted by Gasteiger charge is 2.34. The third-order valence-corrected chi connectivity index (χ3v) is 6.40. The standard InChI is InChI=1S/C23H26N4O/c1-3-26-7-5-20(14-26)27-13-19-10-21-18(9-17(19)11-22(27)28)12-25-23(21)16-4-6-24-15(2)8-16/h4,6,8-10,20H,3,5,7,11-14H2,1-2H3/t20-/m1/s1. The van der Waals surface area contributed by atoms with Crippen LogP contribution in [0.2, 0.25) is 0 Å². The number of likely N-dealkylation sites (N-methyl/N-ethyl adjacent to an activating group) is 1. The first-order chi connectivity index (χ1) is 13.6. The maximum absolute atomic E-state index is 12.8. The zero-order chi connectivity index (χ0) is 19.3. The number of fused-ring (bicyclic) bond motifs is 2. The van der Waals surface area contributed by atoms with Crippen LogP contribution in [0.25, 0.3) is 0 Å². The highest BCUT2D eigenvalue weighted by molar-refractivity contribution is 6.15. The van der Waals surface area contributed by atoms with Crippen LogP contribution in [-0.2, 0) is 24.3 Å². The van der Waals surface area contributed by atoms with Gasteiger partial charge in [0.1, 0.15) is 0 Å². The van der Waals surface area contributed by atoms with Crippen molar-refractivity contribution in [1.29, 1.82) is 0 Å². The summed E-state index contributed by atoms with van der Waals surface area (Å²) in [6.07, 6.45) is 3.46. The molecule has 3 aliphatic rings. The van der Waals surface area contributed by atoms with Crippen LogP contribution in [0.1, 0.15) is 46.9 Å². The Labute approximate surface area is 166 Å². The Bertz CT molecular complexity index is 981. The van der Waals surface area contributed by atoms with Crippen molar-refractivity contribution in [2.24, 2.45) is 4.99 Å². The third-order valence-electron chi connectivity index (χ3n) is 6.40. The number of hydrogen-bond acceptors (Lipinski definition) is 4. The fraction of sp³-hybridized carbons (Fsp3) is 0.435. The van der Waals surface area contributed by atoms with Crippen LogP contribution >= 0.6 is 0 Å². The molecule has 2 aromatic rings. The summed E-state index contributed by atoms with van der Waals surface area (Å²) >= 11 is 0. The van der Waals surface area contributed by atoms with Gasteiger partial charge in [-0.1, -0.05) is 13.0 Å². The molecule has 0 radical (unpaired) electrons. The van der Waals surface area contributed by atoms with Gasteiger partial charge in [0.05, 0.1) is 18.7 Å². The molecule has 0 bridgehead atoms. The average molecular weight is 374 g/mol. The lowest BCUT2D eigenvalue weighted by Crippen LogP contribution is -2.44. The van der Waals surface area contributed by atoms with Gasteiger partial charge in [0.25, 0.3) is 0 Å². The topological polar surface area (TPSA) is 48.8 Å². The van der Waals surface area contributed by atoms with Crippen molar-refractivity contribution >= 4 is 11.6 Å². The van der Waals surface area contributed by atoms with Gasteiger partial charge in [-0.2, -0.15) is 0 Å².